The fourth-order valence-corrected chi connectivity index (χ4v) is 4.29. The summed E-state index contributed by atoms with van der Waals surface area (Å²) < 4.78 is 11.9. The van der Waals surface area contributed by atoms with Gasteiger partial charge in [-0.1, -0.05) is 127 Å². The van der Waals surface area contributed by atoms with Crippen LogP contribution in [0.5, 0.6) is 0 Å². The summed E-state index contributed by atoms with van der Waals surface area (Å²) in [6, 6.07) is 44.8. The van der Waals surface area contributed by atoms with Crippen LogP contribution in [0, 0.1) is 0 Å². The molecule has 0 saturated carbocycles. The molecule has 0 N–H and O–H groups in total. The van der Waals surface area contributed by atoms with Gasteiger partial charge in [-0.15, -0.1) is 0 Å². The maximum Gasteiger partial charge on any atom is 0.339 e. The topological polar surface area (TPSA) is 52.6 Å². The summed E-state index contributed by atoms with van der Waals surface area (Å²) >= 11 is 0. The van der Waals surface area contributed by atoms with Gasteiger partial charge in [-0.05, 0) is 40.5 Å². The van der Waals surface area contributed by atoms with Gasteiger partial charge in [-0.25, -0.2) is 9.59 Å². The van der Waals surface area contributed by atoms with E-state index in [1.807, 2.05) is 121 Å². The lowest BCUT2D eigenvalue weighted by molar-refractivity contribution is 0.0376. The number of hydrogen-bond acceptors (Lipinski definition) is 4. The molecule has 0 bridgehead atoms. The molecular weight excluding hydrogens is 472 g/mol. The molecule has 0 saturated heterocycles. The number of carbonyl (C=O) groups excluding carboxylic acids is 2. The van der Waals surface area contributed by atoms with Gasteiger partial charge < -0.3 is 9.47 Å². The van der Waals surface area contributed by atoms with Crippen molar-refractivity contribution in [3.05, 3.63) is 179 Å². The Morgan fingerprint density at radius 3 is 0.974 bits per heavy atom. The molecule has 0 unspecified atom stereocenters. The van der Waals surface area contributed by atoms with Crippen molar-refractivity contribution in [2.75, 3.05) is 0 Å². The lowest BCUT2D eigenvalue weighted by Gasteiger charge is -2.20. The van der Waals surface area contributed by atoms with Gasteiger partial charge in [0.05, 0.1) is 11.1 Å². The Kier molecular flexibility index (Phi) is 7.71. The van der Waals surface area contributed by atoms with Gasteiger partial charge in [0.2, 0.25) is 0 Å². The summed E-state index contributed by atoms with van der Waals surface area (Å²) in [7, 11) is 0. The van der Waals surface area contributed by atoms with Crippen LogP contribution in [0.2, 0.25) is 0 Å². The molecule has 0 spiro atoms. The summed E-state index contributed by atoms with van der Waals surface area (Å²) in [5, 5.41) is 0. The van der Waals surface area contributed by atoms with Crippen molar-refractivity contribution >= 4 is 11.9 Å². The van der Waals surface area contributed by atoms with E-state index >= 15 is 0 Å². The fraction of sp³-hybridized carbons (Fsp3) is 0.0588. The highest BCUT2D eigenvalue weighted by molar-refractivity contribution is 5.95. The van der Waals surface area contributed by atoms with E-state index < -0.39 is 24.1 Å². The number of rotatable bonds is 8. The Balaban J connectivity index is 1.38. The molecule has 5 aromatic carbocycles. The van der Waals surface area contributed by atoms with E-state index in [-0.39, 0.29) is 11.1 Å². The molecule has 0 aromatic heterocycles. The summed E-state index contributed by atoms with van der Waals surface area (Å²) in [6.45, 7) is 0. The minimum absolute atomic E-state index is 0.271. The Labute approximate surface area is 222 Å². The number of carbonyl (C=O) groups is 2. The van der Waals surface area contributed by atoms with Crippen LogP contribution >= 0.6 is 0 Å². The summed E-state index contributed by atoms with van der Waals surface area (Å²) in [6.07, 6.45) is -1.16. The largest absolute Gasteiger partial charge is 0.449 e. The normalized spacial score (nSPS) is 10.8. The predicted octanol–water partition coefficient (Wildman–Crippen LogP) is 7.58. The number of hydrogen-bond donors (Lipinski definition) is 0. The van der Waals surface area contributed by atoms with Gasteiger partial charge >= 0.3 is 11.9 Å². The lowest BCUT2D eigenvalue weighted by atomic mass is 10.0. The molecule has 0 atom stereocenters. The van der Waals surface area contributed by atoms with Gasteiger partial charge in [0.15, 0.2) is 12.2 Å². The SMILES string of the molecule is O=C(OC(c1ccccc1)c1ccccc1)c1cccc(C(=O)OC(c2ccccc2)c2ccccc2)c1. The van der Waals surface area contributed by atoms with Crippen molar-refractivity contribution in [3.8, 4) is 0 Å². The molecule has 4 nitrogen and oxygen atoms in total. The van der Waals surface area contributed by atoms with Crippen LogP contribution in [0.15, 0.2) is 146 Å². The molecule has 0 fully saturated rings. The summed E-state index contributed by atoms with van der Waals surface area (Å²) in [5.74, 6) is -1.06. The second kappa shape index (κ2) is 11.8. The maximum absolute atomic E-state index is 13.3. The van der Waals surface area contributed by atoms with Gasteiger partial charge in [0, 0.05) is 0 Å². The van der Waals surface area contributed by atoms with E-state index in [0.717, 1.165) is 22.3 Å². The molecule has 4 heteroatoms. The molecule has 0 aliphatic heterocycles. The van der Waals surface area contributed by atoms with Crippen LogP contribution in [0.3, 0.4) is 0 Å². The van der Waals surface area contributed by atoms with Crippen LogP contribution in [0.25, 0.3) is 0 Å². The molecular formula is C34H26O4. The molecule has 5 rings (SSSR count). The quantitative estimate of drug-likeness (QED) is 0.207. The van der Waals surface area contributed by atoms with E-state index in [4.69, 9.17) is 9.47 Å². The third kappa shape index (κ3) is 5.88. The highest BCUT2D eigenvalue weighted by Gasteiger charge is 2.23. The van der Waals surface area contributed by atoms with E-state index in [1.165, 1.54) is 6.07 Å². The van der Waals surface area contributed by atoms with Crippen molar-refractivity contribution in [2.24, 2.45) is 0 Å². The molecule has 5 aromatic rings. The third-order valence-corrected chi connectivity index (χ3v) is 6.19. The van der Waals surface area contributed by atoms with E-state index in [2.05, 4.69) is 0 Å². The standard InChI is InChI=1S/C34H26O4/c35-33(37-31(25-14-5-1-6-15-25)26-16-7-2-8-17-26)29-22-13-23-30(24-29)34(36)38-32(27-18-9-3-10-19-27)28-20-11-4-12-21-28/h1-24,31-32H. The van der Waals surface area contributed by atoms with E-state index in [9.17, 15) is 9.59 Å². The fourth-order valence-electron chi connectivity index (χ4n) is 4.29. The van der Waals surface area contributed by atoms with Gasteiger partial charge in [-0.3, -0.25) is 0 Å². The van der Waals surface area contributed by atoms with Crippen LogP contribution in [-0.4, -0.2) is 11.9 Å². The monoisotopic (exact) mass is 498 g/mol. The summed E-state index contributed by atoms with van der Waals surface area (Å²) in [5.41, 5.74) is 3.97. The first-order valence-corrected chi connectivity index (χ1v) is 12.4. The van der Waals surface area contributed by atoms with Crippen LogP contribution in [-0.2, 0) is 9.47 Å². The van der Waals surface area contributed by atoms with Crippen LogP contribution in [0.4, 0.5) is 0 Å². The Bertz CT molecular complexity index is 1290. The molecule has 0 radical (unpaired) electrons. The first-order chi connectivity index (χ1) is 18.7. The zero-order valence-electron chi connectivity index (χ0n) is 20.6. The number of ether oxygens (including phenoxy) is 2. The third-order valence-electron chi connectivity index (χ3n) is 6.19. The smallest absolute Gasteiger partial charge is 0.339 e. The highest BCUT2D eigenvalue weighted by Crippen LogP contribution is 2.29. The Hall–Kier alpha value is -4.96. The lowest BCUT2D eigenvalue weighted by Crippen LogP contribution is -2.15. The minimum Gasteiger partial charge on any atom is -0.449 e. The minimum atomic E-state index is -0.582. The first-order valence-electron chi connectivity index (χ1n) is 12.4. The molecule has 0 aliphatic rings. The average Bonchev–Trinajstić information content (AvgIpc) is 3.00. The number of benzene rings is 5. The average molecular weight is 499 g/mol. The highest BCUT2D eigenvalue weighted by atomic mass is 16.5. The van der Waals surface area contributed by atoms with Crippen molar-refractivity contribution in [1.29, 1.82) is 0 Å². The molecule has 38 heavy (non-hydrogen) atoms. The maximum atomic E-state index is 13.3. The van der Waals surface area contributed by atoms with E-state index in [0.29, 0.717) is 0 Å². The number of esters is 2. The van der Waals surface area contributed by atoms with Gasteiger partial charge in [0.25, 0.3) is 0 Å². The predicted molar refractivity (Wildman–Crippen MR) is 147 cm³/mol. The Morgan fingerprint density at radius 2 is 0.684 bits per heavy atom. The van der Waals surface area contributed by atoms with Crippen molar-refractivity contribution in [1.82, 2.24) is 0 Å². The van der Waals surface area contributed by atoms with Crippen LogP contribution in [0.1, 0.15) is 55.2 Å². The second-order valence-electron chi connectivity index (χ2n) is 8.79. The van der Waals surface area contributed by atoms with Crippen molar-refractivity contribution in [2.45, 2.75) is 12.2 Å². The van der Waals surface area contributed by atoms with Gasteiger partial charge in [-0.2, -0.15) is 0 Å². The van der Waals surface area contributed by atoms with Crippen LogP contribution < -0.4 is 0 Å². The molecule has 0 heterocycles. The second-order valence-corrected chi connectivity index (χ2v) is 8.79. The molecule has 0 aliphatic carbocycles. The van der Waals surface area contributed by atoms with Gasteiger partial charge in [0.1, 0.15) is 0 Å². The molecule has 186 valence electrons. The first kappa shape index (κ1) is 24.7. The zero-order chi connectivity index (χ0) is 26.2. The van der Waals surface area contributed by atoms with E-state index in [1.54, 1.807) is 18.2 Å². The molecule has 0 amide bonds. The van der Waals surface area contributed by atoms with Crippen molar-refractivity contribution in [3.63, 3.8) is 0 Å². The Morgan fingerprint density at radius 1 is 0.395 bits per heavy atom. The zero-order valence-corrected chi connectivity index (χ0v) is 20.6. The summed E-state index contributed by atoms with van der Waals surface area (Å²) in [4.78, 5) is 26.5. The van der Waals surface area contributed by atoms with Crippen molar-refractivity contribution < 1.29 is 19.1 Å².